The van der Waals surface area contributed by atoms with E-state index in [1.165, 1.54) is 19.2 Å². The van der Waals surface area contributed by atoms with Crippen LogP contribution in [0.4, 0.5) is 27.1 Å². The van der Waals surface area contributed by atoms with Crippen LogP contribution in [0, 0.1) is 5.82 Å². The summed E-state index contributed by atoms with van der Waals surface area (Å²) in [5.74, 6) is -1.13. The molecule has 0 saturated carbocycles. The predicted molar refractivity (Wildman–Crippen MR) is 81.1 cm³/mol. The van der Waals surface area contributed by atoms with Gasteiger partial charge in [-0.3, -0.25) is 0 Å². The van der Waals surface area contributed by atoms with E-state index < -0.39 is 11.8 Å². The average molecular weight is 289 g/mol. The van der Waals surface area contributed by atoms with Gasteiger partial charge in [0, 0.05) is 12.7 Å². The van der Waals surface area contributed by atoms with Crippen molar-refractivity contribution < 1.29 is 13.9 Å². The first-order valence-corrected chi connectivity index (χ1v) is 6.20. The van der Waals surface area contributed by atoms with Crippen LogP contribution in [0.25, 0.3) is 0 Å². The van der Waals surface area contributed by atoms with Gasteiger partial charge >= 0.3 is 5.97 Å². The topological polar surface area (TPSA) is 81.6 Å². The summed E-state index contributed by atoms with van der Waals surface area (Å²) in [4.78, 5) is 13.0. The maximum Gasteiger partial charge on any atom is 0.337 e. The molecule has 21 heavy (non-hydrogen) atoms. The Kier molecular flexibility index (Phi) is 3.98. The van der Waals surface area contributed by atoms with Crippen LogP contribution in [0.15, 0.2) is 36.4 Å². The number of rotatable bonds is 3. The highest BCUT2D eigenvalue weighted by Crippen LogP contribution is 2.32. The number of nitrogens with zero attached hydrogens (tertiary/aromatic N) is 1. The van der Waals surface area contributed by atoms with E-state index in [0.717, 1.165) is 6.07 Å². The van der Waals surface area contributed by atoms with Crippen LogP contribution >= 0.6 is 0 Å². The molecule has 2 rings (SSSR count). The highest BCUT2D eigenvalue weighted by molar-refractivity contribution is 5.90. The van der Waals surface area contributed by atoms with Crippen molar-refractivity contribution in [2.24, 2.45) is 0 Å². The van der Waals surface area contributed by atoms with Crippen molar-refractivity contribution in [2.45, 2.75) is 0 Å². The Morgan fingerprint density at radius 1 is 1.14 bits per heavy atom. The second-order valence-corrected chi connectivity index (χ2v) is 4.54. The van der Waals surface area contributed by atoms with Crippen molar-refractivity contribution in [1.82, 2.24) is 0 Å². The third-order valence-electron chi connectivity index (χ3n) is 3.14. The van der Waals surface area contributed by atoms with Gasteiger partial charge in [-0.2, -0.15) is 0 Å². The summed E-state index contributed by atoms with van der Waals surface area (Å²) in [5.41, 5.74) is 13.6. The van der Waals surface area contributed by atoms with E-state index in [2.05, 4.69) is 4.74 Å². The molecule has 0 bridgehead atoms. The Morgan fingerprint density at radius 3 is 2.38 bits per heavy atom. The van der Waals surface area contributed by atoms with Gasteiger partial charge in [0.15, 0.2) is 0 Å². The SMILES string of the molecule is COC(=O)c1ccc(N(C)c2ccc(N)cc2N)c(F)c1. The molecule has 0 radical (unpaired) electrons. The van der Waals surface area contributed by atoms with Crippen LogP contribution in [-0.2, 0) is 4.74 Å². The zero-order chi connectivity index (χ0) is 15.6. The van der Waals surface area contributed by atoms with Crippen LogP contribution in [-0.4, -0.2) is 20.1 Å². The summed E-state index contributed by atoms with van der Waals surface area (Å²) < 4.78 is 18.7. The first-order valence-electron chi connectivity index (χ1n) is 6.20. The molecule has 0 heterocycles. The second kappa shape index (κ2) is 5.70. The zero-order valence-corrected chi connectivity index (χ0v) is 11.8. The normalized spacial score (nSPS) is 10.2. The Balaban J connectivity index is 2.39. The molecule has 2 aromatic rings. The number of ether oxygens (including phenoxy) is 1. The summed E-state index contributed by atoms with van der Waals surface area (Å²) in [6, 6.07) is 9.12. The Hall–Kier alpha value is -2.76. The fourth-order valence-electron chi connectivity index (χ4n) is 2.03. The summed E-state index contributed by atoms with van der Waals surface area (Å²) in [5, 5.41) is 0. The molecule has 0 aliphatic heterocycles. The third kappa shape index (κ3) is 2.89. The predicted octanol–water partition coefficient (Wildman–Crippen LogP) is 2.54. The maximum atomic E-state index is 14.2. The van der Waals surface area contributed by atoms with E-state index in [1.54, 1.807) is 30.1 Å². The minimum absolute atomic E-state index is 0.150. The molecule has 0 spiro atoms. The molecule has 0 aliphatic carbocycles. The van der Waals surface area contributed by atoms with E-state index >= 15 is 0 Å². The Morgan fingerprint density at radius 2 is 1.81 bits per heavy atom. The second-order valence-electron chi connectivity index (χ2n) is 4.54. The molecule has 6 heteroatoms. The zero-order valence-electron chi connectivity index (χ0n) is 11.8. The molecule has 0 amide bonds. The molecule has 0 aliphatic rings. The molecule has 0 saturated heterocycles. The van der Waals surface area contributed by atoms with E-state index in [4.69, 9.17) is 11.5 Å². The summed E-state index contributed by atoms with van der Waals surface area (Å²) in [6.45, 7) is 0. The Bertz CT molecular complexity index is 689. The minimum atomic E-state index is -0.588. The monoisotopic (exact) mass is 289 g/mol. The van der Waals surface area contributed by atoms with E-state index in [1.807, 2.05) is 0 Å². The van der Waals surface area contributed by atoms with Crippen LogP contribution in [0.2, 0.25) is 0 Å². The number of benzene rings is 2. The lowest BCUT2D eigenvalue weighted by Gasteiger charge is -2.22. The largest absolute Gasteiger partial charge is 0.465 e. The van der Waals surface area contributed by atoms with Crippen LogP contribution in [0.3, 0.4) is 0 Å². The van der Waals surface area contributed by atoms with Gasteiger partial charge in [0.1, 0.15) is 5.82 Å². The number of nitrogens with two attached hydrogens (primary N) is 2. The van der Waals surface area contributed by atoms with Crippen molar-refractivity contribution in [3.8, 4) is 0 Å². The van der Waals surface area contributed by atoms with Gasteiger partial charge < -0.3 is 21.1 Å². The molecule has 110 valence electrons. The van der Waals surface area contributed by atoms with Gasteiger partial charge in [0.05, 0.1) is 29.7 Å². The summed E-state index contributed by atoms with van der Waals surface area (Å²) in [7, 11) is 2.92. The van der Waals surface area contributed by atoms with Gasteiger partial charge in [0.25, 0.3) is 0 Å². The number of carbonyl (C=O) groups is 1. The number of anilines is 4. The molecule has 5 nitrogen and oxygen atoms in total. The first-order chi connectivity index (χ1) is 9.93. The lowest BCUT2D eigenvalue weighted by molar-refractivity contribution is 0.0600. The van der Waals surface area contributed by atoms with Crippen molar-refractivity contribution in [3.05, 3.63) is 47.8 Å². The highest BCUT2D eigenvalue weighted by atomic mass is 19.1. The number of carbonyl (C=O) groups excluding carboxylic acids is 1. The maximum absolute atomic E-state index is 14.2. The quantitative estimate of drug-likeness (QED) is 0.670. The lowest BCUT2D eigenvalue weighted by Crippen LogP contribution is -2.14. The van der Waals surface area contributed by atoms with Crippen molar-refractivity contribution in [3.63, 3.8) is 0 Å². The molecule has 0 aromatic heterocycles. The fourth-order valence-corrected chi connectivity index (χ4v) is 2.03. The van der Waals surface area contributed by atoms with Gasteiger partial charge in [-0.1, -0.05) is 0 Å². The molecular formula is C15H16FN3O2. The number of hydrogen-bond donors (Lipinski definition) is 2. The summed E-state index contributed by atoms with van der Waals surface area (Å²) >= 11 is 0. The summed E-state index contributed by atoms with van der Waals surface area (Å²) in [6.07, 6.45) is 0. The lowest BCUT2D eigenvalue weighted by atomic mass is 10.1. The third-order valence-corrected chi connectivity index (χ3v) is 3.14. The average Bonchev–Trinajstić information content (AvgIpc) is 2.45. The van der Waals surface area contributed by atoms with Crippen LogP contribution < -0.4 is 16.4 Å². The molecular weight excluding hydrogens is 273 g/mol. The van der Waals surface area contributed by atoms with Crippen LogP contribution in [0.5, 0.6) is 0 Å². The highest BCUT2D eigenvalue weighted by Gasteiger charge is 2.15. The van der Waals surface area contributed by atoms with Crippen LogP contribution in [0.1, 0.15) is 10.4 Å². The number of halogens is 1. The van der Waals surface area contributed by atoms with Crippen molar-refractivity contribution >= 4 is 28.7 Å². The number of nitrogen functional groups attached to an aromatic ring is 2. The number of hydrogen-bond acceptors (Lipinski definition) is 5. The van der Waals surface area contributed by atoms with Gasteiger partial charge in [-0.25, -0.2) is 9.18 Å². The molecule has 0 fully saturated rings. The minimum Gasteiger partial charge on any atom is -0.465 e. The van der Waals surface area contributed by atoms with Gasteiger partial charge in [-0.05, 0) is 36.4 Å². The fraction of sp³-hybridized carbons (Fsp3) is 0.133. The van der Waals surface area contributed by atoms with Crippen molar-refractivity contribution in [1.29, 1.82) is 0 Å². The van der Waals surface area contributed by atoms with Crippen molar-refractivity contribution in [2.75, 3.05) is 30.5 Å². The number of methoxy groups -OCH3 is 1. The first kappa shape index (κ1) is 14.6. The molecule has 4 N–H and O–H groups in total. The number of esters is 1. The molecule has 0 atom stereocenters. The van der Waals surface area contributed by atoms with E-state index in [-0.39, 0.29) is 5.56 Å². The Labute approximate surface area is 121 Å². The smallest absolute Gasteiger partial charge is 0.337 e. The molecule has 2 aromatic carbocycles. The van der Waals surface area contributed by atoms with Gasteiger partial charge in [0.2, 0.25) is 0 Å². The van der Waals surface area contributed by atoms with Gasteiger partial charge in [-0.15, -0.1) is 0 Å². The van der Waals surface area contributed by atoms with E-state index in [0.29, 0.717) is 22.7 Å². The molecule has 0 unspecified atom stereocenters. The standard InChI is InChI=1S/C15H16FN3O2/c1-19(14-6-4-10(17)8-12(14)18)13-5-3-9(7-11(13)16)15(20)21-2/h3-8H,17-18H2,1-2H3. The van der Waals surface area contributed by atoms with E-state index in [9.17, 15) is 9.18 Å².